The molecular formula is C12H18N2O2. The second-order valence-electron chi connectivity index (χ2n) is 3.93. The van der Waals surface area contributed by atoms with E-state index in [1.165, 1.54) is 0 Å². The molecule has 0 heterocycles. The van der Waals surface area contributed by atoms with Crippen LogP contribution in [-0.4, -0.2) is 25.1 Å². The molecule has 0 aliphatic heterocycles. The molecule has 0 aliphatic carbocycles. The van der Waals surface area contributed by atoms with Gasteiger partial charge in [0.1, 0.15) is 5.75 Å². The molecule has 0 bridgehead atoms. The normalized spacial score (nSPS) is 10.1. The molecule has 2 N–H and O–H groups in total. The van der Waals surface area contributed by atoms with Crippen LogP contribution < -0.4 is 10.6 Å². The summed E-state index contributed by atoms with van der Waals surface area (Å²) in [5.74, 6) is 6.13. The van der Waals surface area contributed by atoms with Gasteiger partial charge in [0.25, 0.3) is 0 Å². The summed E-state index contributed by atoms with van der Waals surface area (Å²) >= 11 is 0. The van der Waals surface area contributed by atoms with Crippen LogP contribution in [0.15, 0.2) is 12.1 Å². The molecule has 1 rings (SSSR count). The van der Waals surface area contributed by atoms with E-state index in [-0.39, 0.29) is 5.91 Å². The molecule has 16 heavy (non-hydrogen) atoms. The first-order chi connectivity index (χ1) is 7.45. The molecule has 0 aliphatic rings. The second kappa shape index (κ2) is 4.99. The van der Waals surface area contributed by atoms with Crippen LogP contribution in [0.5, 0.6) is 5.75 Å². The summed E-state index contributed by atoms with van der Waals surface area (Å²) in [6.07, 6.45) is 0.323. The minimum absolute atomic E-state index is 0.104. The predicted molar refractivity (Wildman–Crippen MR) is 63.1 cm³/mol. The topological polar surface area (TPSA) is 55.6 Å². The fourth-order valence-electron chi connectivity index (χ4n) is 1.55. The largest absolute Gasteiger partial charge is 0.496 e. The number of rotatable bonds is 3. The van der Waals surface area contributed by atoms with Gasteiger partial charge in [-0.1, -0.05) is 6.07 Å². The molecule has 1 aromatic rings. The Morgan fingerprint density at radius 2 is 2.00 bits per heavy atom. The van der Waals surface area contributed by atoms with Crippen molar-refractivity contribution in [1.82, 2.24) is 5.01 Å². The quantitative estimate of drug-likeness (QED) is 0.475. The van der Waals surface area contributed by atoms with E-state index in [9.17, 15) is 4.79 Å². The fraction of sp³-hybridized carbons (Fsp3) is 0.417. The molecule has 1 aromatic carbocycles. The van der Waals surface area contributed by atoms with Gasteiger partial charge in [-0.2, -0.15) is 0 Å². The van der Waals surface area contributed by atoms with Gasteiger partial charge in [0.05, 0.1) is 13.5 Å². The predicted octanol–water partition coefficient (Wildman–Crippen LogP) is 1.19. The molecule has 0 atom stereocenters. The molecule has 0 radical (unpaired) electrons. The van der Waals surface area contributed by atoms with Crippen molar-refractivity contribution < 1.29 is 9.53 Å². The standard InChI is InChI=1S/C12H18N2O2/c1-8-6-11(16-4)9(2)5-10(8)7-12(15)14(3)13/h5-6H,7,13H2,1-4H3. The summed E-state index contributed by atoms with van der Waals surface area (Å²) in [5.41, 5.74) is 3.05. The van der Waals surface area contributed by atoms with Gasteiger partial charge in [-0.15, -0.1) is 0 Å². The van der Waals surface area contributed by atoms with Crippen molar-refractivity contribution >= 4 is 5.91 Å². The number of carbonyl (C=O) groups excluding carboxylic acids is 1. The third-order valence-electron chi connectivity index (χ3n) is 2.59. The molecule has 0 unspecified atom stereocenters. The average Bonchev–Trinajstić information content (AvgIpc) is 2.22. The zero-order valence-electron chi connectivity index (χ0n) is 10.2. The Hall–Kier alpha value is -1.55. The number of hydrazine groups is 1. The first-order valence-corrected chi connectivity index (χ1v) is 5.11. The molecule has 88 valence electrons. The zero-order valence-corrected chi connectivity index (χ0v) is 10.2. The monoisotopic (exact) mass is 222 g/mol. The van der Waals surface area contributed by atoms with Crippen LogP contribution in [-0.2, 0) is 11.2 Å². The molecule has 4 heteroatoms. The molecule has 0 saturated heterocycles. The van der Waals surface area contributed by atoms with E-state index < -0.39 is 0 Å². The van der Waals surface area contributed by atoms with Gasteiger partial charge in [0.2, 0.25) is 5.91 Å². The smallest absolute Gasteiger partial charge is 0.240 e. The maximum atomic E-state index is 11.5. The van der Waals surface area contributed by atoms with Crippen LogP contribution in [0.1, 0.15) is 16.7 Å². The highest BCUT2D eigenvalue weighted by molar-refractivity contribution is 5.78. The van der Waals surface area contributed by atoms with E-state index in [1.807, 2.05) is 26.0 Å². The fourth-order valence-corrected chi connectivity index (χ4v) is 1.55. The Morgan fingerprint density at radius 3 is 2.50 bits per heavy atom. The van der Waals surface area contributed by atoms with Gasteiger partial charge in [0.15, 0.2) is 0 Å². The molecular weight excluding hydrogens is 204 g/mol. The van der Waals surface area contributed by atoms with Crippen molar-refractivity contribution in [2.75, 3.05) is 14.2 Å². The van der Waals surface area contributed by atoms with E-state index >= 15 is 0 Å². The van der Waals surface area contributed by atoms with E-state index in [0.717, 1.165) is 27.4 Å². The van der Waals surface area contributed by atoms with E-state index in [1.54, 1.807) is 14.2 Å². The average molecular weight is 222 g/mol. The van der Waals surface area contributed by atoms with Crippen molar-refractivity contribution in [3.8, 4) is 5.75 Å². The minimum Gasteiger partial charge on any atom is -0.496 e. The van der Waals surface area contributed by atoms with E-state index in [2.05, 4.69) is 0 Å². The van der Waals surface area contributed by atoms with Crippen LogP contribution in [0.4, 0.5) is 0 Å². The van der Waals surface area contributed by atoms with Gasteiger partial charge in [0, 0.05) is 7.05 Å². The van der Waals surface area contributed by atoms with Crippen LogP contribution in [0.3, 0.4) is 0 Å². The Kier molecular flexibility index (Phi) is 3.90. The highest BCUT2D eigenvalue weighted by Gasteiger charge is 2.10. The van der Waals surface area contributed by atoms with Crippen molar-refractivity contribution in [3.05, 3.63) is 28.8 Å². The van der Waals surface area contributed by atoms with Crippen molar-refractivity contribution in [1.29, 1.82) is 0 Å². The Morgan fingerprint density at radius 1 is 1.38 bits per heavy atom. The van der Waals surface area contributed by atoms with Gasteiger partial charge >= 0.3 is 0 Å². The number of hydrogen-bond acceptors (Lipinski definition) is 3. The molecule has 1 amide bonds. The van der Waals surface area contributed by atoms with Crippen LogP contribution in [0.25, 0.3) is 0 Å². The van der Waals surface area contributed by atoms with Crippen molar-refractivity contribution in [3.63, 3.8) is 0 Å². The lowest BCUT2D eigenvalue weighted by Crippen LogP contribution is -2.34. The maximum absolute atomic E-state index is 11.5. The number of carbonyl (C=O) groups is 1. The van der Waals surface area contributed by atoms with Crippen LogP contribution in [0, 0.1) is 13.8 Å². The van der Waals surface area contributed by atoms with E-state index in [4.69, 9.17) is 10.6 Å². The third kappa shape index (κ3) is 2.73. The maximum Gasteiger partial charge on any atom is 0.240 e. The number of nitrogens with zero attached hydrogens (tertiary/aromatic N) is 1. The summed E-state index contributed by atoms with van der Waals surface area (Å²) in [4.78, 5) is 11.5. The summed E-state index contributed by atoms with van der Waals surface area (Å²) in [6, 6.07) is 3.91. The SMILES string of the molecule is COc1cc(C)c(CC(=O)N(C)N)cc1C. The number of amides is 1. The lowest BCUT2D eigenvalue weighted by Gasteiger charge is -2.13. The Bertz CT molecular complexity index is 400. The van der Waals surface area contributed by atoms with Gasteiger partial charge in [-0.3, -0.25) is 9.80 Å². The van der Waals surface area contributed by atoms with Gasteiger partial charge < -0.3 is 4.74 Å². The van der Waals surface area contributed by atoms with Crippen LogP contribution >= 0.6 is 0 Å². The first kappa shape index (κ1) is 12.5. The third-order valence-corrected chi connectivity index (χ3v) is 2.59. The molecule has 0 aromatic heterocycles. The molecule has 0 spiro atoms. The summed E-state index contributed by atoms with van der Waals surface area (Å²) < 4.78 is 5.21. The number of likely N-dealkylation sites (N-methyl/N-ethyl adjacent to an activating group) is 1. The van der Waals surface area contributed by atoms with Crippen molar-refractivity contribution in [2.24, 2.45) is 5.84 Å². The summed E-state index contributed by atoms with van der Waals surface area (Å²) in [7, 11) is 3.19. The minimum atomic E-state index is -0.104. The zero-order chi connectivity index (χ0) is 12.3. The number of methoxy groups -OCH3 is 1. The highest BCUT2D eigenvalue weighted by atomic mass is 16.5. The Balaban J connectivity index is 2.98. The van der Waals surface area contributed by atoms with E-state index in [0.29, 0.717) is 6.42 Å². The molecule has 4 nitrogen and oxygen atoms in total. The number of benzene rings is 1. The number of hydrogen-bond donors (Lipinski definition) is 1. The summed E-state index contributed by atoms with van der Waals surface area (Å²) in [6.45, 7) is 3.92. The summed E-state index contributed by atoms with van der Waals surface area (Å²) in [5, 5.41) is 1.11. The van der Waals surface area contributed by atoms with Gasteiger partial charge in [-0.05, 0) is 36.6 Å². The van der Waals surface area contributed by atoms with Crippen molar-refractivity contribution in [2.45, 2.75) is 20.3 Å². The molecule has 0 saturated carbocycles. The number of aryl methyl sites for hydroxylation is 2. The number of nitrogens with two attached hydrogens (primary N) is 1. The highest BCUT2D eigenvalue weighted by Crippen LogP contribution is 2.22. The number of ether oxygens (including phenoxy) is 1. The first-order valence-electron chi connectivity index (χ1n) is 5.11. The second-order valence-corrected chi connectivity index (χ2v) is 3.93. The Labute approximate surface area is 96.0 Å². The lowest BCUT2D eigenvalue weighted by atomic mass is 10.0. The molecule has 0 fully saturated rings. The van der Waals surface area contributed by atoms with Gasteiger partial charge in [-0.25, -0.2) is 5.84 Å². The lowest BCUT2D eigenvalue weighted by molar-refractivity contribution is -0.129. The van der Waals surface area contributed by atoms with Crippen LogP contribution in [0.2, 0.25) is 0 Å².